The van der Waals surface area contributed by atoms with E-state index in [1.807, 2.05) is 6.92 Å². The number of hydrogen-bond acceptors (Lipinski definition) is 4. The number of nitro benzene ring substituents is 1. The van der Waals surface area contributed by atoms with Crippen LogP contribution in [0.5, 0.6) is 0 Å². The van der Waals surface area contributed by atoms with Gasteiger partial charge in [0.2, 0.25) is 15.8 Å². The standard InChI is InChI=1S/C13H17FN2O4S/c1-8-5-11(14)12(16(17)18)6-13(8)21(19,20)15-7-9(2)10-3-4-10/h5-6,9-10,15H,3-4,7H2,1-2H3. The summed E-state index contributed by atoms with van der Waals surface area (Å²) in [7, 11) is -3.89. The first-order valence-electron chi connectivity index (χ1n) is 6.66. The lowest BCUT2D eigenvalue weighted by Gasteiger charge is -2.13. The third kappa shape index (κ3) is 3.56. The molecule has 0 heterocycles. The zero-order valence-corrected chi connectivity index (χ0v) is 12.6. The molecule has 1 aromatic carbocycles. The Morgan fingerprint density at radius 3 is 2.62 bits per heavy atom. The Hall–Kier alpha value is -1.54. The second-order valence-electron chi connectivity index (χ2n) is 5.49. The molecule has 0 saturated heterocycles. The Labute approximate surface area is 122 Å². The summed E-state index contributed by atoms with van der Waals surface area (Å²) in [5, 5.41) is 10.7. The van der Waals surface area contributed by atoms with Crippen molar-refractivity contribution in [3.8, 4) is 0 Å². The van der Waals surface area contributed by atoms with E-state index in [2.05, 4.69) is 4.72 Å². The molecule has 1 atom stereocenters. The van der Waals surface area contributed by atoms with Crippen LogP contribution < -0.4 is 4.72 Å². The van der Waals surface area contributed by atoms with Gasteiger partial charge in [-0.15, -0.1) is 0 Å². The molecule has 1 saturated carbocycles. The largest absolute Gasteiger partial charge is 0.306 e. The third-order valence-electron chi connectivity index (χ3n) is 3.75. The fourth-order valence-electron chi connectivity index (χ4n) is 2.22. The van der Waals surface area contributed by atoms with Crippen molar-refractivity contribution in [2.75, 3.05) is 6.54 Å². The lowest BCUT2D eigenvalue weighted by atomic mass is 10.1. The molecule has 0 aliphatic heterocycles. The van der Waals surface area contributed by atoms with E-state index in [0.717, 1.165) is 25.0 Å². The number of sulfonamides is 1. The molecule has 0 bridgehead atoms. The van der Waals surface area contributed by atoms with Crippen LogP contribution in [-0.2, 0) is 10.0 Å². The Morgan fingerprint density at radius 1 is 1.48 bits per heavy atom. The summed E-state index contributed by atoms with van der Waals surface area (Å²) in [6, 6.07) is 1.64. The van der Waals surface area contributed by atoms with Crippen LogP contribution in [0.25, 0.3) is 0 Å². The third-order valence-corrected chi connectivity index (χ3v) is 5.32. The minimum absolute atomic E-state index is 0.143. The van der Waals surface area contributed by atoms with Gasteiger partial charge in [0.05, 0.1) is 9.82 Å². The van der Waals surface area contributed by atoms with E-state index in [4.69, 9.17) is 0 Å². The number of rotatable bonds is 6. The van der Waals surface area contributed by atoms with Crippen LogP contribution in [0.3, 0.4) is 0 Å². The average Bonchev–Trinajstić information content (AvgIpc) is 3.19. The highest BCUT2D eigenvalue weighted by Crippen LogP contribution is 2.36. The normalized spacial score (nSPS) is 16.7. The van der Waals surface area contributed by atoms with E-state index in [9.17, 15) is 22.9 Å². The van der Waals surface area contributed by atoms with Crippen LogP contribution in [0.15, 0.2) is 17.0 Å². The summed E-state index contributed by atoms with van der Waals surface area (Å²) >= 11 is 0. The molecular formula is C13H17FN2O4S. The zero-order valence-electron chi connectivity index (χ0n) is 11.8. The van der Waals surface area contributed by atoms with E-state index in [-0.39, 0.29) is 22.9 Å². The van der Waals surface area contributed by atoms with Crippen molar-refractivity contribution >= 4 is 15.7 Å². The van der Waals surface area contributed by atoms with E-state index in [0.29, 0.717) is 5.92 Å². The van der Waals surface area contributed by atoms with Gasteiger partial charge in [-0.3, -0.25) is 10.1 Å². The minimum Gasteiger partial charge on any atom is -0.258 e. The molecule has 1 aliphatic carbocycles. The summed E-state index contributed by atoms with van der Waals surface area (Å²) in [6.07, 6.45) is 2.20. The lowest BCUT2D eigenvalue weighted by molar-refractivity contribution is -0.387. The molecule has 0 aromatic heterocycles. The van der Waals surface area contributed by atoms with Gasteiger partial charge in [0.1, 0.15) is 0 Å². The van der Waals surface area contributed by atoms with E-state index in [1.54, 1.807) is 0 Å². The molecule has 21 heavy (non-hydrogen) atoms. The monoisotopic (exact) mass is 316 g/mol. The molecule has 2 rings (SSSR count). The van der Waals surface area contributed by atoms with Gasteiger partial charge in [-0.1, -0.05) is 6.92 Å². The summed E-state index contributed by atoms with van der Waals surface area (Å²) in [6.45, 7) is 3.64. The average molecular weight is 316 g/mol. The van der Waals surface area contributed by atoms with Crippen LogP contribution in [-0.4, -0.2) is 19.9 Å². The van der Waals surface area contributed by atoms with E-state index < -0.39 is 26.5 Å². The van der Waals surface area contributed by atoms with E-state index >= 15 is 0 Å². The van der Waals surface area contributed by atoms with Crippen molar-refractivity contribution in [1.82, 2.24) is 4.72 Å². The number of halogens is 1. The van der Waals surface area contributed by atoms with Crippen molar-refractivity contribution in [2.24, 2.45) is 11.8 Å². The number of hydrogen-bond donors (Lipinski definition) is 1. The molecule has 1 fully saturated rings. The molecule has 1 N–H and O–H groups in total. The van der Waals surface area contributed by atoms with Crippen LogP contribution in [0.2, 0.25) is 0 Å². The first kappa shape index (κ1) is 15.8. The molecule has 116 valence electrons. The second kappa shape index (κ2) is 5.69. The number of benzene rings is 1. The molecular weight excluding hydrogens is 299 g/mol. The van der Waals surface area contributed by atoms with Crippen molar-refractivity contribution in [2.45, 2.75) is 31.6 Å². The summed E-state index contributed by atoms with van der Waals surface area (Å²) in [4.78, 5) is 9.54. The molecule has 1 unspecified atom stereocenters. The van der Waals surface area contributed by atoms with Crippen LogP contribution in [0, 0.1) is 34.7 Å². The van der Waals surface area contributed by atoms with Gasteiger partial charge in [-0.2, -0.15) is 4.39 Å². The molecule has 8 heteroatoms. The zero-order chi connectivity index (χ0) is 15.8. The van der Waals surface area contributed by atoms with Gasteiger partial charge in [0.15, 0.2) is 0 Å². The maximum absolute atomic E-state index is 13.4. The maximum atomic E-state index is 13.4. The van der Waals surface area contributed by atoms with Gasteiger partial charge in [0.25, 0.3) is 0 Å². The predicted octanol–water partition coefficient (Wildman–Crippen LogP) is 2.37. The van der Waals surface area contributed by atoms with Gasteiger partial charge < -0.3 is 0 Å². The van der Waals surface area contributed by atoms with Gasteiger partial charge >= 0.3 is 5.69 Å². The molecule has 0 radical (unpaired) electrons. The molecule has 0 spiro atoms. The second-order valence-corrected chi connectivity index (χ2v) is 7.23. The Kier molecular flexibility index (Phi) is 4.29. The first-order valence-corrected chi connectivity index (χ1v) is 8.15. The van der Waals surface area contributed by atoms with E-state index in [1.165, 1.54) is 6.92 Å². The van der Waals surface area contributed by atoms with Crippen molar-refractivity contribution in [1.29, 1.82) is 0 Å². The molecule has 0 amide bonds. The number of aryl methyl sites for hydroxylation is 1. The highest BCUT2D eigenvalue weighted by atomic mass is 32.2. The molecule has 1 aromatic rings. The topological polar surface area (TPSA) is 89.3 Å². The Morgan fingerprint density at radius 2 is 2.10 bits per heavy atom. The molecule has 1 aliphatic rings. The van der Waals surface area contributed by atoms with Gasteiger partial charge in [-0.05, 0) is 43.2 Å². The summed E-state index contributed by atoms with van der Waals surface area (Å²) in [5.74, 6) is -0.283. The number of nitro groups is 1. The van der Waals surface area contributed by atoms with Gasteiger partial charge in [0, 0.05) is 12.6 Å². The maximum Gasteiger partial charge on any atom is 0.306 e. The van der Waals surface area contributed by atoms with Crippen molar-refractivity contribution in [3.05, 3.63) is 33.6 Å². The first-order chi connectivity index (χ1) is 9.72. The smallest absolute Gasteiger partial charge is 0.258 e. The Balaban J connectivity index is 2.26. The van der Waals surface area contributed by atoms with Crippen LogP contribution in [0.4, 0.5) is 10.1 Å². The Bertz CT molecular complexity index is 671. The van der Waals surface area contributed by atoms with Crippen molar-refractivity contribution in [3.63, 3.8) is 0 Å². The fraction of sp³-hybridized carbons (Fsp3) is 0.538. The number of nitrogens with zero attached hydrogens (tertiary/aromatic N) is 1. The fourth-order valence-corrected chi connectivity index (χ4v) is 3.61. The highest BCUT2D eigenvalue weighted by Gasteiger charge is 2.30. The molecule has 6 nitrogen and oxygen atoms in total. The number of nitrogens with one attached hydrogen (secondary N) is 1. The quantitative estimate of drug-likeness (QED) is 0.644. The highest BCUT2D eigenvalue weighted by molar-refractivity contribution is 7.89. The summed E-state index contributed by atoms with van der Waals surface area (Å²) in [5.41, 5.74) is -0.694. The van der Waals surface area contributed by atoms with Crippen LogP contribution in [0.1, 0.15) is 25.3 Å². The van der Waals surface area contributed by atoms with Crippen LogP contribution >= 0.6 is 0 Å². The summed E-state index contributed by atoms with van der Waals surface area (Å²) < 4.78 is 40.4. The predicted molar refractivity (Wildman–Crippen MR) is 74.9 cm³/mol. The SMILES string of the molecule is Cc1cc(F)c([N+](=O)[O-])cc1S(=O)(=O)NCC(C)C1CC1. The lowest BCUT2D eigenvalue weighted by Crippen LogP contribution is -2.29. The van der Waals surface area contributed by atoms with Gasteiger partial charge in [-0.25, -0.2) is 13.1 Å². The van der Waals surface area contributed by atoms with Crippen molar-refractivity contribution < 1.29 is 17.7 Å². The minimum atomic E-state index is -3.89.